The SMILES string of the molecule is CCCCN1CCC(NC(=NCCCN(C(C)C)C(C)C)NCC)CC1.I. The van der Waals surface area contributed by atoms with Crippen molar-refractivity contribution in [3.8, 4) is 0 Å². The maximum absolute atomic E-state index is 4.82. The zero-order valence-corrected chi connectivity index (χ0v) is 21.1. The summed E-state index contributed by atoms with van der Waals surface area (Å²) < 4.78 is 0. The van der Waals surface area contributed by atoms with Gasteiger partial charge < -0.3 is 15.5 Å². The molecule has 6 heteroatoms. The molecule has 0 aromatic heterocycles. The summed E-state index contributed by atoms with van der Waals surface area (Å²) in [5.41, 5.74) is 0. The molecule has 27 heavy (non-hydrogen) atoms. The molecule has 1 saturated heterocycles. The van der Waals surface area contributed by atoms with Gasteiger partial charge in [-0.3, -0.25) is 9.89 Å². The molecular weight excluding hydrogens is 449 g/mol. The Morgan fingerprint density at radius 1 is 1.07 bits per heavy atom. The second-order valence-corrected chi connectivity index (χ2v) is 8.15. The Kier molecular flexibility index (Phi) is 15.8. The van der Waals surface area contributed by atoms with Crippen molar-refractivity contribution in [2.45, 2.75) is 91.8 Å². The van der Waals surface area contributed by atoms with Crippen LogP contribution >= 0.6 is 24.0 Å². The lowest BCUT2D eigenvalue weighted by Crippen LogP contribution is -2.48. The molecule has 162 valence electrons. The molecule has 0 saturated carbocycles. The van der Waals surface area contributed by atoms with Crippen LogP contribution in [0.5, 0.6) is 0 Å². The minimum atomic E-state index is 0. The zero-order chi connectivity index (χ0) is 19.4. The maximum atomic E-state index is 4.82. The van der Waals surface area contributed by atoms with E-state index in [-0.39, 0.29) is 24.0 Å². The van der Waals surface area contributed by atoms with Gasteiger partial charge in [0.05, 0.1) is 0 Å². The number of rotatable bonds is 11. The monoisotopic (exact) mass is 495 g/mol. The fourth-order valence-electron chi connectivity index (χ4n) is 3.75. The van der Waals surface area contributed by atoms with Gasteiger partial charge in [0.1, 0.15) is 0 Å². The summed E-state index contributed by atoms with van der Waals surface area (Å²) in [6, 6.07) is 1.76. The molecule has 0 unspecified atom stereocenters. The van der Waals surface area contributed by atoms with E-state index in [1.807, 2.05) is 0 Å². The van der Waals surface area contributed by atoms with Gasteiger partial charge in [-0.15, -0.1) is 24.0 Å². The van der Waals surface area contributed by atoms with E-state index in [2.05, 4.69) is 62.0 Å². The third-order valence-electron chi connectivity index (χ3n) is 5.27. The largest absolute Gasteiger partial charge is 0.357 e. The number of unbranched alkanes of at least 4 members (excludes halogenated alkanes) is 1. The van der Waals surface area contributed by atoms with Crippen LogP contribution in [0.25, 0.3) is 0 Å². The van der Waals surface area contributed by atoms with E-state index < -0.39 is 0 Å². The first-order valence-corrected chi connectivity index (χ1v) is 11.0. The summed E-state index contributed by atoms with van der Waals surface area (Å²) in [5, 5.41) is 7.09. The van der Waals surface area contributed by atoms with Crippen LogP contribution in [-0.4, -0.2) is 73.2 Å². The number of nitrogens with zero attached hydrogens (tertiary/aromatic N) is 3. The third kappa shape index (κ3) is 11.5. The number of halogens is 1. The van der Waals surface area contributed by atoms with Crippen LogP contribution in [0.15, 0.2) is 4.99 Å². The predicted octanol–water partition coefficient (Wildman–Crippen LogP) is 3.93. The fourth-order valence-corrected chi connectivity index (χ4v) is 3.75. The van der Waals surface area contributed by atoms with Gasteiger partial charge in [0, 0.05) is 50.8 Å². The number of hydrogen-bond donors (Lipinski definition) is 2. The van der Waals surface area contributed by atoms with Gasteiger partial charge in [-0.05, 0) is 66.8 Å². The van der Waals surface area contributed by atoms with Crippen LogP contribution in [0.3, 0.4) is 0 Å². The zero-order valence-electron chi connectivity index (χ0n) is 18.8. The molecule has 0 spiro atoms. The van der Waals surface area contributed by atoms with Crippen molar-refractivity contribution in [1.29, 1.82) is 0 Å². The number of likely N-dealkylation sites (tertiary alicyclic amines) is 1. The van der Waals surface area contributed by atoms with E-state index in [9.17, 15) is 0 Å². The summed E-state index contributed by atoms with van der Waals surface area (Å²) in [6.07, 6.45) is 6.18. The maximum Gasteiger partial charge on any atom is 0.191 e. The van der Waals surface area contributed by atoms with Gasteiger partial charge in [-0.2, -0.15) is 0 Å². The average Bonchev–Trinajstić information content (AvgIpc) is 2.60. The molecule has 0 aliphatic carbocycles. The second kappa shape index (κ2) is 15.8. The number of guanidine groups is 1. The smallest absolute Gasteiger partial charge is 0.191 e. The summed E-state index contributed by atoms with van der Waals surface area (Å²) in [6.45, 7) is 20.2. The molecule has 1 rings (SSSR count). The molecule has 0 amide bonds. The molecule has 5 nitrogen and oxygen atoms in total. The quantitative estimate of drug-likeness (QED) is 0.197. The molecule has 1 heterocycles. The topological polar surface area (TPSA) is 42.9 Å². The van der Waals surface area contributed by atoms with Crippen molar-refractivity contribution < 1.29 is 0 Å². The molecule has 1 aliphatic rings. The number of piperidine rings is 1. The Labute approximate surface area is 186 Å². The minimum absolute atomic E-state index is 0. The molecule has 0 aromatic carbocycles. The van der Waals surface area contributed by atoms with Crippen LogP contribution in [0, 0.1) is 0 Å². The van der Waals surface area contributed by atoms with Gasteiger partial charge in [0.15, 0.2) is 5.96 Å². The van der Waals surface area contributed by atoms with Crippen LogP contribution in [0.2, 0.25) is 0 Å². The highest BCUT2D eigenvalue weighted by Crippen LogP contribution is 2.11. The van der Waals surface area contributed by atoms with Crippen LogP contribution in [0.4, 0.5) is 0 Å². The number of aliphatic imine (C=N–C) groups is 1. The first-order chi connectivity index (χ1) is 12.5. The van der Waals surface area contributed by atoms with Crippen molar-refractivity contribution in [3.63, 3.8) is 0 Å². The molecule has 0 atom stereocenters. The second-order valence-electron chi connectivity index (χ2n) is 8.15. The van der Waals surface area contributed by atoms with Crippen molar-refractivity contribution in [3.05, 3.63) is 0 Å². The van der Waals surface area contributed by atoms with Gasteiger partial charge in [-0.1, -0.05) is 13.3 Å². The normalized spacial score (nSPS) is 16.9. The lowest BCUT2D eigenvalue weighted by atomic mass is 10.0. The van der Waals surface area contributed by atoms with Crippen LogP contribution in [0.1, 0.15) is 73.6 Å². The molecular formula is C21H46IN5. The van der Waals surface area contributed by atoms with E-state index in [0.29, 0.717) is 18.1 Å². The van der Waals surface area contributed by atoms with Crippen LogP contribution < -0.4 is 10.6 Å². The van der Waals surface area contributed by atoms with Crippen LogP contribution in [-0.2, 0) is 0 Å². The van der Waals surface area contributed by atoms with E-state index >= 15 is 0 Å². The summed E-state index contributed by atoms with van der Waals surface area (Å²) >= 11 is 0. The van der Waals surface area contributed by atoms with Gasteiger partial charge in [0.25, 0.3) is 0 Å². The summed E-state index contributed by atoms with van der Waals surface area (Å²) in [4.78, 5) is 9.97. The lowest BCUT2D eigenvalue weighted by Gasteiger charge is -2.33. The van der Waals surface area contributed by atoms with E-state index in [4.69, 9.17) is 4.99 Å². The average molecular weight is 496 g/mol. The Morgan fingerprint density at radius 3 is 2.22 bits per heavy atom. The predicted molar refractivity (Wildman–Crippen MR) is 130 cm³/mol. The molecule has 0 radical (unpaired) electrons. The summed E-state index contributed by atoms with van der Waals surface area (Å²) in [7, 11) is 0. The number of hydrogen-bond acceptors (Lipinski definition) is 3. The van der Waals surface area contributed by atoms with E-state index in [1.165, 1.54) is 45.3 Å². The van der Waals surface area contributed by atoms with E-state index in [1.54, 1.807) is 0 Å². The van der Waals surface area contributed by atoms with Gasteiger partial charge in [0.2, 0.25) is 0 Å². The Morgan fingerprint density at radius 2 is 1.70 bits per heavy atom. The standard InChI is InChI=1S/C21H45N5.HI/c1-7-9-14-25-16-11-20(12-17-25)24-21(22-8-2)23-13-10-15-26(18(3)4)19(5)6;/h18-20H,7-17H2,1-6H3,(H2,22,23,24);1H. The van der Waals surface area contributed by atoms with Crippen molar-refractivity contribution in [2.75, 3.05) is 39.3 Å². The fraction of sp³-hybridized carbons (Fsp3) is 0.952. The third-order valence-corrected chi connectivity index (χ3v) is 5.27. The number of nitrogens with one attached hydrogen (secondary N) is 2. The Balaban J connectivity index is 0.00000676. The summed E-state index contributed by atoms with van der Waals surface area (Å²) in [5.74, 6) is 1.00. The molecule has 1 aliphatic heterocycles. The molecule has 0 aromatic rings. The van der Waals surface area contributed by atoms with E-state index in [0.717, 1.165) is 32.0 Å². The minimum Gasteiger partial charge on any atom is -0.357 e. The van der Waals surface area contributed by atoms with Crippen molar-refractivity contribution in [1.82, 2.24) is 20.4 Å². The highest BCUT2D eigenvalue weighted by atomic mass is 127. The first-order valence-electron chi connectivity index (χ1n) is 11.0. The van der Waals surface area contributed by atoms with Crippen molar-refractivity contribution >= 4 is 29.9 Å². The Bertz CT molecular complexity index is 371. The Hall–Kier alpha value is -0.0800. The first kappa shape index (κ1) is 26.9. The molecule has 1 fully saturated rings. The van der Waals surface area contributed by atoms with Gasteiger partial charge in [-0.25, -0.2) is 0 Å². The highest BCUT2D eigenvalue weighted by molar-refractivity contribution is 14.0. The highest BCUT2D eigenvalue weighted by Gasteiger charge is 2.19. The van der Waals surface area contributed by atoms with Gasteiger partial charge >= 0.3 is 0 Å². The molecule has 2 N–H and O–H groups in total. The lowest BCUT2D eigenvalue weighted by molar-refractivity contribution is 0.174. The van der Waals surface area contributed by atoms with Crippen molar-refractivity contribution in [2.24, 2.45) is 4.99 Å². The molecule has 0 bridgehead atoms.